The van der Waals surface area contributed by atoms with Gasteiger partial charge in [-0.3, -0.25) is 9.78 Å². The number of alkyl carbamates (subject to hydrolysis) is 1. The molecule has 0 aromatic carbocycles. The van der Waals surface area contributed by atoms with Crippen LogP contribution in [-0.2, 0) is 9.53 Å². The zero-order valence-corrected chi connectivity index (χ0v) is 16.0. The number of carbonyl (C=O) groups is 2. The normalized spacial score (nSPS) is 14.8. The SMILES string of the molecule is CC(C)(C)OC(=O)NCCC(=O)N1CC=C(c2c[nH]c3cccnc23)CC1. The van der Waals surface area contributed by atoms with Gasteiger partial charge in [-0.05, 0) is 44.9 Å². The number of ether oxygens (including phenoxy) is 1. The topological polar surface area (TPSA) is 87.3 Å². The minimum atomic E-state index is -0.542. The van der Waals surface area contributed by atoms with Crippen LogP contribution in [0.25, 0.3) is 16.6 Å². The Hall–Kier alpha value is -2.83. The Kier molecular flexibility index (Phi) is 5.48. The first-order valence-corrected chi connectivity index (χ1v) is 9.19. The number of fused-ring (bicyclic) bond motifs is 1. The molecule has 0 fully saturated rings. The van der Waals surface area contributed by atoms with Crippen molar-refractivity contribution < 1.29 is 14.3 Å². The molecular formula is C20H26N4O3. The van der Waals surface area contributed by atoms with E-state index in [2.05, 4.69) is 21.4 Å². The highest BCUT2D eigenvalue weighted by Gasteiger charge is 2.20. The maximum absolute atomic E-state index is 12.4. The maximum atomic E-state index is 12.4. The van der Waals surface area contributed by atoms with E-state index in [1.165, 1.54) is 5.57 Å². The lowest BCUT2D eigenvalue weighted by Crippen LogP contribution is -2.38. The van der Waals surface area contributed by atoms with E-state index < -0.39 is 11.7 Å². The number of nitrogens with zero attached hydrogens (tertiary/aromatic N) is 2. The van der Waals surface area contributed by atoms with Crippen molar-refractivity contribution >= 4 is 28.6 Å². The van der Waals surface area contributed by atoms with Crippen molar-refractivity contribution in [2.75, 3.05) is 19.6 Å². The van der Waals surface area contributed by atoms with Crippen LogP contribution in [0.2, 0.25) is 0 Å². The van der Waals surface area contributed by atoms with Crippen LogP contribution in [0, 0.1) is 0 Å². The lowest BCUT2D eigenvalue weighted by atomic mass is 10.0. The number of carbonyl (C=O) groups excluding carboxylic acids is 2. The molecule has 0 unspecified atom stereocenters. The summed E-state index contributed by atoms with van der Waals surface area (Å²) in [5, 5.41) is 2.62. The Balaban J connectivity index is 1.51. The average Bonchev–Trinajstić information content (AvgIpc) is 3.04. The van der Waals surface area contributed by atoms with Gasteiger partial charge in [0.05, 0.1) is 11.0 Å². The molecule has 1 aliphatic heterocycles. The first-order valence-electron chi connectivity index (χ1n) is 9.19. The van der Waals surface area contributed by atoms with Gasteiger partial charge in [0.25, 0.3) is 0 Å². The van der Waals surface area contributed by atoms with E-state index in [9.17, 15) is 9.59 Å². The van der Waals surface area contributed by atoms with Crippen LogP contribution < -0.4 is 5.32 Å². The predicted molar refractivity (Wildman–Crippen MR) is 104 cm³/mol. The number of rotatable bonds is 4. The van der Waals surface area contributed by atoms with Gasteiger partial charge in [-0.2, -0.15) is 0 Å². The number of nitrogens with one attached hydrogen (secondary N) is 2. The molecule has 0 atom stereocenters. The molecule has 3 rings (SSSR count). The van der Waals surface area contributed by atoms with E-state index in [4.69, 9.17) is 4.74 Å². The molecule has 2 aromatic heterocycles. The van der Waals surface area contributed by atoms with Gasteiger partial charge in [-0.15, -0.1) is 0 Å². The van der Waals surface area contributed by atoms with Gasteiger partial charge in [-0.1, -0.05) is 6.08 Å². The number of aromatic nitrogens is 2. The van der Waals surface area contributed by atoms with Gasteiger partial charge in [-0.25, -0.2) is 4.79 Å². The summed E-state index contributed by atoms with van der Waals surface area (Å²) in [6.07, 6.45) is 6.40. The monoisotopic (exact) mass is 370 g/mol. The summed E-state index contributed by atoms with van der Waals surface area (Å²) >= 11 is 0. The highest BCUT2D eigenvalue weighted by molar-refractivity contribution is 5.90. The highest BCUT2D eigenvalue weighted by atomic mass is 16.6. The fourth-order valence-electron chi connectivity index (χ4n) is 3.08. The van der Waals surface area contributed by atoms with Crippen LogP contribution in [0.15, 0.2) is 30.6 Å². The molecule has 0 saturated heterocycles. The molecule has 7 nitrogen and oxygen atoms in total. The Morgan fingerprint density at radius 3 is 2.89 bits per heavy atom. The predicted octanol–water partition coefficient (Wildman–Crippen LogP) is 3.09. The Bertz CT molecular complexity index is 863. The highest BCUT2D eigenvalue weighted by Crippen LogP contribution is 2.27. The minimum Gasteiger partial charge on any atom is -0.444 e. The van der Waals surface area contributed by atoms with Crippen LogP contribution in [-0.4, -0.2) is 52.1 Å². The van der Waals surface area contributed by atoms with Crippen LogP contribution in [0.4, 0.5) is 4.79 Å². The molecule has 0 aliphatic carbocycles. The zero-order chi connectivity index (χ0) is 19.4. The van der Waals surface area contributed by atoms with Crippen LogP contribution >= 0.6 is 0 Å². The summed E-state index contributed by atoms with van der Waals surface area (Å²) in [5.74, 6) is 0.0263. The summed E-state index contributed by atoms with van der Waals surface area (Å²) < 4.78 is 5.16. The molecule has 0 bridgehead atoms. The standard InChI is InChI=1S/C20H26N4O3/c1-20(2,3)27-19(26)22-10-6-17(25)24-11-7-14(8-12-24)15-13-23-16-5-4-9-21-18(15)16/h4-5,7,9,13,23H,6,8,10-12H2,1-3H3,(H,22,26). The minimum absolute atomic E-state index is 0.0263. The second-order valence-electron chi connectivity index (χ2n) is 7.60. The third kappa shape index (κ3) is 4.87. The van der Waals surface area contributed by atoms with E-state index in [1.807, 2.05) is 23.2 Å². The molecule has 3 heterocycles. The number of pyridine rings is 1. The Morgan fingerprint density at radius 2 is 2.19 bits per heavy atom. The van der Waals surface area contributed by atoms with Crippen molar-refractivity contribution in [3.05, 3.63) is 36.2 Å². The smallest absolute Gasteiger partial charge is 0.407 e. The summed E-state index contributed by atoms with van der Waals surface area (Å²) in [5.41, 5.74) is 3.74. The van der Waals surface area contributed by atoms with Crippen molar-refractivity contribution in [2.24, 2.45) is 0 Å². The number of amides is 2. The lowest BCUT2D eigenvalue weighted by molar-refractivity contribution is -0.130. The molecule has 1 aliphatic rings. The zero-order valence-electron chi connectivity index (χ0n) is 16.0. The van der Waals surface area contributed by atoms with Crippen molar-refractivity contribution in [1.82, 2.24) is 20.2 Å². The van der Waals surface area contributed by atoms with Crippen LogP contribution in [0.5, 0.6) is 0 Å². The van der Waals surface area contributed by atoms with Crippen molar-refractivity contribution in [3.63, 3.8) is 0 Å². The third-order valence-corrected chi connectivity index (χ3v) is 4.35. The first-order chi connectivity index (χ1) is 12.8. The first kappa shape index (κ1) is 18.9. The fraction of sp³-hybridized carbons (Fsp3) is 0.450. The largest absolute Gasteiger partial charge is 0.444 e. The molecule has 0 saturated carbocycles. The van der Waals surface area contributed by atoms with E-state index in [-0.39, 0.29) is 18.9 Å². The second-order valence-corrected chi connectivity index (χ2v) is 7.60. The maximum Gasteiger partial charge on any atom is 0.407 e. The Morgan fingerprint density at radius 1 is 1.37 bits per heavy atom. The summed E-state index contributed by atoms with van der Waals surface area (Å²) in [7, 11) is 0. The van der Waals surface area contributed by atoms with E-state index in [0.717, 1.165) is 23.0 Å². The van der Waals surface area contributed by atoms with E-state index >= 15 is 0 Å². The van der Waals surface area contributed by atoms with Gasteiger partial charge in [0.2, 0.25) is 5.91 Å². The van der Waals surface area contributed by atoms with Gasteiger partial charge in [0.1, 0.15) is 5.60 Å². The average molecular weight is 370 g/mol. The van der Waals surface area contributed by atoms with Gasteiger partial charge in [0.15, 0.2) is 0 Å². The summed E-state index contributed by atoms with van der Waals surface area (Å²) in [6.45, 7) is 6.92. The van der Waals surface area contributed by atoms with Gasteiger partial charge < -0.3 is 19.9 Å². The van der Waals surface area contributed by atoms with Crippen molar-refractivity contribution in [1.29, 1.82) is 0 Å². The van der Waals surface area contributed by atoms with E-state index in [1.54, 1.807) is 27.0 Å². The molecular weight excluding hydrogens is 344 g/mol. The summed E-state index contributed by atoms with van der Waals surface area (Å²) in [6, 6.07) is 3.91. The third-order valence-electron chi connectivity index (χ3n) is 4.35. The molecule has 0 spiro atoms. The van der Waals surface area contributed by atoms with Gasteiger partial charge >= 0.3 is 6.09 Å². The number of H-pyrrole nitrogens is 1. The molecule has 2 N–H and O–H groups in total. The van der Waals surface area contributed by atoms with E-state index in [0.29, 0.717) is 13.1 Å². The number of hydrogen-bond donors (Lipinski definition) is 2. The molecule has 27 heavy (non-hydrogen) atoms. The molecule has 144 valence electrons. The molecule has 2 amide bonds. The second kappa shape index (κ2) is 7.82. The lowest BCUT2D eigenvalue weighted by Gasteiger charge is -2.26. The molecule has 2 aromatic rings. The summed E-state index contributed by atoms with van der Waals surface area (Å²) in [4.78, 5) is 33.5. The van der Waals surface area contributed by atoms with Crippen LogP contribution in [0.3, 0.4) is 0 Å². The fourth-order valence-corrected chi connectivity index (χ4v) is 3.08. The van der Waals surface area contributed by atoms with Gasteiger partial charge in [0, 0.05) is 44.0 Å². The van der Waals surface area contributed by atoms with Crippen molar-refractivity contribution in [2.45, 2.75) is 39.2 Å². The number of hydrogen-bond acceptors (Lipinski definition) is 4. The quantitative estimate of drug-likeness (QED) is 0.866. The molecule has 7 heteroatoms. The van der Waals surface area contributed by atoms with Crippen LogP contribution in [0.1, 0.15) is 39.2 Å². The van der Waals surface area contributed by atoms with Crippen molar-refractivity contribution in [3.8, 4) is 0 Å². The number of aromatic amines is 1. The molecule has 0 radical (unpaired) electrons. The Labute approximate surface area is 158 Å².